The molecular formula is C13H25NO3. The average Bonchev–Trinajstić information content (AvgIpc) is 3.07. The molecule has 0 aliphatic heterocycles. The van der Waals surface area contributed by atoms with Crippen molar-refractivity contribution in [1.29, 1.82) is 0 Å². The summed E-state index contributed by atoms with van der Waals surface area (Å²) in [5.74, 6) is -0.757. The minimum Gasteiger partial charge on any atom is -0.480 e. The molecule has 0 aromatic carbocycles. The number of rotatable bonds is 9. The number of carboxylic acid groups (broad SMARTS) is 1. The van der Waals surface area contributed by atoms with E-state index in [1.165, 1.54) is 0 Å². The maximum atomic E-state index is 11.3. The fourth-order valence-electron chi connectivity index (χ4n) is 1.75. The van der Waals surface area contributed by atoms with Crippen LogP contribution in [0.2, 0.25) is 0 Å². The van der Waals surface area contributed by atoms with Gasteiger partial charge in [0.1, 0.15) is 5.54 Å². The summed E-state index contributed by atoms with van der Waals surface area (Å²) in [6.07, 6.45) is 4.87. The summed E-state index contributed by atoms with van der Waals surface area (Å²) >= 11 is 0. The summed E-state index contributed by atoms with van der Waals surface area (Å²) in [6.45, 7) is 6.54. The molecule has 1 aliphatic carbocycles. The lowest BCUT2D eigenvalue weighted by atomic mass is 9.96. The highest BCUT2D eigenvalue weighted by atomic mass is 16.5. The van der Waals surface area contributed by atoms with Gasteiger partial charge in [0.25, 0.3) is 0 Å². The van der Waals surface area contributed by atoms with Crippen LogP contribution in [0, 0.1) is 0 Å². The van der Waals surface area contributed by atoms with Crippen molar-refractivity contribution in [3.63, 3.8) is 0 Å². The number of hydrogen-bond donors (Lipinski definition) is 2. The summed E-state index contributed by atoms with van der Waals surface area (Å²) in [5.41, 5.74) is -0.792. The van der Waals surface area contributed by atoms with Crippen LogP contribution >= 0.6 is 0 Å². The predicted octanol–water partition coefficient (Wildman–Crippen LogP) is 2.18. The Morgan fingerprint density at radius 2 is 2.24 bits per heavy atom. The molecule has 0 aromatic rings. The van der Waals surface area contributed by atoms with Gasteiger partial charge in [-0.2, -0.15) is 0 Å². The van der Waals surface area contributed by atoms with E-state index in [0.29, 0.717) is 19.1 Å². The standard InChI is InChI=1S/C13H25NO3/c1-4-10(2)17-9-5-8-13(3,12(15)16)14-11-6-7-11/h10-11,14H,4-9H2,1-3H3,(H,15,16). The highest BCUT2D eigenvalue weighted by Crippen LogP contribution is 2.25. The summed E-state index contributed by atoms with van der Waals surface area (Å²) in [7, 11) is 0. The van der Waals surface area contributed by atoms with E-state index in [4.69, 9.17) is 4.74 Å². The Bertz CT molecular complexity index is 253. The van der Waals surface area contributed by atoms with E-state index in [1.54, 1.807) is 6.92 Å². The van der Waals surface area contributed by atoms with Gasteiger partial charge in [0.15, 0.2) is 0 Å². The Hall–Kier alpha value is -0.610. The first-order valence-corrected chi connectivity index (χ1v) is 6.60. The van der Waals surface area contributed by atoms with E-state index in [9.17, 15) is 9.90 Å². The molecule has 1 aliphatic rings. The fourth-order valence-corrected chi connectivity index (χ4v) is 1.75. The third-order valence-corrected chi connectivity index (χ3v) is 3.37. The van der Waals surface area contributed by atoms with Crippen LogP contribution in [0.3, 0.4) is 0 Å². The summed E-state index contributed by atoms with van der Waals surface area (Å²) in [5, 5.41) is 12.5. The van der Waals surface area contributed by atoms with E-state index in [1.807, 2.05) is 6.92 Å². The Morgan fingerprint density at radius 1 is 1.59 bits per heavy atom. The van der Waals surface area contributed by atoms with Crippen molar-refractivity contribution >= 4 is 5.97 Å². The van der Waals surface area contributed by atoms with Crippen LogP contribution in [-0.2, 0) is 9.53 Å². The topological polar surface area (TPSA) is 58.6 Å². The predicted molar refractivity (Wildman–Crippen MR) is 67.1 cm³/mol. The molecule has 0 spiro atoms. The van der Waals surface area contributed by atoms with E-state index < -0.39 is 11.5 Å². The van der Waals surface area contributed by atoms with Crippen molar-refractivity contribution in [2.45, 2.75) is 70.6 Å². The van der Waals surface area contributed by atoms with Crippen LogP contribution in [-0.4, -0.2) is 35.4 Å². The number of aliphatic carboxylic acids is 1. The van der Waals surface area contributed by atoms with Crippen LogP contribution < -0.4 is 5.32 Å². The van der Waals surface area contributed by atoms with Gasteiger partial charge in [-0.05, 0) is 46.0 Å². The summed E-state index contributed by atoms with van der Waals surface area (Å²) in [4.78, 5) is 11.3. The highest BCUT2D eigenvalue weighted by molar-refractivity contribution is 5.78. The Kier molecular flexibility index (Phi) is 5.40. The second-order valence-corrected chi connectivity index (χ2v) is 5.25. The first kappa shape index (κ1) is 14.5. The Labute approximate surface area is 104 Å². The van der Waals surface area contributed by atoms with E-state index in [0.717, 1.165) is 25.7 Å². The molecule has 0 bridgehead atoms. The number of nitrogens with one attached hydrogen (secondary N) is 1. The lowest BCUT2D eigenvalue weighted by Crippen LogP contribution is -2.50. The SMILES string of the molecule is CCC(C)OCCCC(C)(NC1CC1)C(=O)O. The van der Waals surface area contributed by atoms with Gasteiger partial charge >= 0.3 is 5.97 Å². The van der Waals surface area contributed by atoms with Gasteiger partial charge in [0, 0.05) is 12.6 Å². The van der Waals surface area contributed by atoms with Crippen molar-refractivity contribution in [1.82, 2.24) is 5.32 Å². The molecule has 0 aromatic heterocycles. The monoisotopic (exact) mass is 243 g/mol. The average molecular weight is 243 g/mol. The summed E-state index contributed by atoms with van der Waals surface area (Å²) < 4.78 is 5.57. The first-order valence-electron chi connectivity index (χ1n) is 6.60. The molecule has 1 fully saturated rings. The zero-order valence-corrected chi connectivity index (χ0v) is 11.2. The number of carboxylic acids is 1. The second kappa shape index (κ2) is 6.36. The van der Waals surface area contributed by atoms with E-state index in [2.05, 4.69) is 12.2 Å². The van der Waals surface area contributed by atoms with Crippen molar-refractivity contribution in [3.05, 3.63) is 0 Å². The molecule has 2 unspecified atom stereocenters. The second-order valence-electron chi connectivity index (χ2n) is 5.25. The third-order valence-electron chi connectivity index (χ3n) is 3.37. The Balaban J connectivity index is 2.26. The molecular weight excluding hydrogens is 218 g/mol. The summed E-state index contributed by atoms with van der Waals surface area (Å²) in [6, 6.07) is 0.409. The van der Waals surface area contributed by atoms with E-state index in [-0.39, 0.29) is 6.10 Å². The quantitative estimate of drug-likeness (QED) is 0.609. The molecule has 0 saturated heterocycles. The van der Waals surface area contributed by atoms with Gasteiger partial charge in [-0.15, -0.1) is 0 Å². The van der Waals surface area contributed by atoms with Gasteiger partial charge in [-0.25, -0.2) is 0 Å². The first-order chi connectivity index (χ1) is 7.98. The Morgan fingerprint density at radius 3 is 2.71 bits per heavy atom. The van der Waals surface area contributed by atoms with Crippen molar-refractivity contribution < 1.29 is 14.6 Å². The van der Waals surface area contributed by atoms with Crippen LogP contribution in [0.5, 0.6) is 0 Å². The molecule has 2 atom stereocenters. The fraction of sp³-hybridized carbons (Fsp3) is 0.923. The molecule has 4 heteroatoms. The third kappa shape index (κ3) is 5.04. The van der Waals surface area contributed by atoms with Gasteiger partial charge in [0.05, 0.1) is 6.10 Å². The van der Waals surface area contributed by atoms with Gasteiger partial charge in [0.2, 0.25) is 0 Å². The zero-order chi connectivity index (χ0) is 12.9. The zero-order valence-electron chi connectivity index (χ0n) is 11.2. The minimum absolute atomic E-state index is 0.266. The maximum absolute atomic E-state index is 11.3. The van der Waals surface area contributed by atoms with Crippen molar-refractivity contribution in [2.24, 2.45) is 0 Å². The lowest BCUT2D eigenvalue weighted by Gasteiger charge is -2.26. The van der Waals surface area contributed by atoms with Gasteiger partial charge in [-0.1, -0.05) is 6.92 Å². The molecule has 1 saturated carbocycles. The van der Waals surface area contributed by atoms with Gasteiger partial charge in [-0.3, -0.25) is 10.1 Å². The highest BCUT2D eigenvalue weighted by Gasteiger charge is 2.37. The van der Waals surface area contributed by atoms with Crippen LogP contribution in [0.4, 0.5) is 0 Å². The van der Waals surface area contributed by atoms with E-state index >= 15 is 0 Å². The largest absolute Gasteiger partial charge is 0.480 e. The molecule has 4 nitrogen and oxygen atoms in total. The molecule has 2 N–H and O–H groups in total. The maximum Gasteiger partial charge on any atom is 0.323 e. The molecule has 100 valence electrons. The normalized spacial score (nSPS) is 20.9. The number of ether oxygens (including phenoxy) is 1. The van der Waals surface area contributed by atoms with Crippen molar-refractivity contribution in [2.75, 3.05) is 6.61 Å². The molecule has 1 rings (SSSR count). The van der Waals surface area contributed by atoms with Crippen LogP contribution in [0.1, 0.15) is 52.9 Å². The number of hydrogen-bond acceptors (Lipinski definition) is 3. The van der Waals surface area contributed by atoms with Crippen molar-refractivity contribution in [3.8, 4) is 0 Å². The molecule has 0 amide bonds. The molecule has 0 heterocycles. The lowest BCUT2D eigenvalue weighted by molar-refractivity contribution is -0.144. The van der Waals surface area contributed by atoms with Crippen LogP contribution in [0.15, 0.2) is 0 Å². The van der Waals surface area contributed by atoms with Crippen LogP contribution in [0.25, 0.3) is 0 Å². The van der Waals surface area contributed by atoms with Gasteiger partial charge < -0.3 is 9.84 Å². The number of carbonyl (C=O) groups is 1. The smallest absolute Gasteiger partial charge is 0.323 e. The minimum atomic E-state index is -0.792. The molecule has 0 radical (unpaired) electrons. The molecule has 17 heavy (non-hydrogen) atoms.